The molecule has 12 aromatic rings. The maximum Gasteiger partial charge on any atom is 0.0736 e. The molecule has 0 N–H and O–H groups in total. The van der Waals surface area contributed by atoms with Crippen LogP contribution in [0, 0.1) is 0 Å². The molecule has 0 unspecified atom stereocenters. The van der Waals surface area contributed by atoms with E-state index in [0.717, 1.165) is 28.4 Å². The Morgan fingerprint density at radius 1 is 0.319 bits per heavy atom. The first-order chi connectivity index (χ1) is 34.2. The zero-order chi connectivity index (χ0) is 45.5. The molecule has 4 heteroatoms. The van der Waals surface area contributed by atoms with E-state index in [2.05, 4.69) is 265 Å². The van der Waals surface area contributed by atoms with Crippen molar-refractivity contribution in [1.29, 1.82) is 0 Å². The van der Waals surface area contributed by atoms with E-state index < -0.39 is 5.41 Å². The summed E-state index contributed by atoms with van der Waals surface area (Å²) < 4.78 is 2.55. The molecular formula is C65H42N2S2. The van der Waals surface area contributed by atoms with Gasteiger partial charge in [-0.25, -0.2) is 0 Å². The number of fused-ring (bicyclic) bond motifs is 13. The van der Waals surface area contributed by atoms with E-state index in [9.17, 15) is 0 Å². The molecule has 324 valence electrons. The molecule has 0 saturated heterocycles. The fourth-order valence-corrected chi connectivity index (χ4v) is 13.7. The summed E-state index contributed by atoms with van der Waals surface area (Å²) in [6, 6.07) is 94.1. The van der Waals surface area contributed by atoms with Crippen LogP contribution in [-0.4, -0.2) is 0 Å². The van der Waals surface area contributed by atoms with Gasteiger partial charge in [0.05, 0.1) is 11.1 Å². The van der Waals surface area contributed by atoms with Crippen molar-refractivity contribution in [3.05, 3.63) is 277 Å². The average molecular weight is 915 g/mol. The average Bonchev–Trinajstić information content (AvgIpc) is 3.93. The maximum atomic E-state index is 2.47. The lowest BCUT2D eigenvalue weighted by Gasteiger charge is -2.40. The zero-order valence-corrected chi connectivity index (χ0v) is 39.1. The molecule has 0 radical (unpaired) electrons. The number of rotatable bonds is 7. The number of anilines is 6. The van der Waals surface area contributed by atoms with Crippen LogP contribution in [0.15, 0.2) is 265 Å². The Kier molecular flexibility index (Phi) is 9.26. The van der Waals surface area contributed by atoms with Crippen LogP contribution < -0.4 is 9.80 Å². The van der Waals surface area contributed by atoms with E-state index >= 15 is 0 Å². The summed E-state index contributed by atoms with van der Waals surface area (Å²) >= 11 is 3.77. The highest BCUT2D eigenvalue weighted by Crippen LogP contribution is 2.63. The van der Waals surface area contributed by atoms with Crippen LogP contribution in [0.1, 0.15) is 22.3 Å². The summed E-state index contributed by atoms with van der Waals surface area (Å²) in [5.74, 6) is 0. The van der Waals surface area contributed by atoms with Crippen LogP contribution in [0.25, 0.3) is 53.2 Å². The van der Waals surface area contributed by atoms with E-state index in [0.29, 0.717) is 0 Å². The van der Waals surface area contributed by atoms with Crippen LogP contribution in [0.5, 0.6) is 0 Å². The Bertz CT molecular complexity index is 3850. The molecule has 0 amide bonds. The smallest absolute Gasteiger partial charge is 0.0736 e. The van der Waals surface area contributed by atoms with E-state index in [1.54, 1.807) is 0 Å². The maximum absolute atomic E-state index is 2.47. The zero-order valence-electron chi connectivity index (χ0n) is 37.5. The molecule has 2 nitrogen and oxygen atoms in total. The van der Waals surface area contributed by atoms with Crippen molar-refractivity contribution in [3.8, 4) is 22.3 Å². The normalized spacial score (nSPS) is 13.0. The molecule has 14 rings (SSSR count). The number of thiophene rings is 1. The monoisotopic (exact) mass is 914 g/mol. The number of para-hydroxylation sites is 3. The Balaban J connectivity index is 0.895. The summed E-state index contributed by atoms with van der Waals surface area (Å²) in [4.78, 5) is 7.46. The van der Waals surface area contributed by atoms with Crippen molar-refractivity contribution < 1.29 is 0 Å². The fourth-order valence-electron chi connectivity index (χ4n) is 11.4. The molecule has 11 aromatic carbocycles. The highest BCUT2D eigenvalue weighted by molar-refractivity contribution is 7.99. The third-order valence-electron chi connectivity index (χ3n) is 14.3. The number of benzene rings is 11. The Labute approximate surface area is 410 Å². The molecule has 1 aliphatic heterocycles. The van der Waals surface area contributed by atoms with Crippen LogP contribution in [0.2, 0.25) is 0 Å². The number of nitrogens with zero attached hydrogens (tertiary/aromatic N) is 2. The van der Waals surface area contributed by atoms with Crippen molar-refractivity contribution in [2.45, 2.75) is 15.2 Å². The minimum atomic E-state index is -0.452. The first kappa shape index (κ1) is 40.0. The molecule has 1 aliphatic carbocycles. The van der Waals surface area contributed by atoms with Crippen molar-refractivity contribution in [3.63, 3.8) is 0 Å². The molecule has 0 saturated carbocycles. The van der Waals surface area contributed by atoms with Crippen LogP contribution in [0.4, 0.5) is 34.1 Å². The molecule has 0 fully saturated rings. The van der Waals surface area contributed by atoms with Gasteiger partial charge in [0.2, 0.25) is 0 Å². The standard InChI is InChI=1S/C65H42N2S2/c1-4-19-46(20-5-1)66(50-37-39-60-58(42-50)65(57-30-16-17-31-59(57)68-60)55-28-14-12-26-52(55)53-27-13-15-29-56(53)65)49-35-32-43(33-36-49)44-34-38-54-61(40-44)69-62-41-45-18-10-11-25-51(45)64(63(54)62)67(47-21-6-2-7-22-47)48-23-8-3-9-24-48/h1-42H. The first-order valence-electron chi connectivity index (χ1n) is 23.6. The van der Waals surface area contributed by atoms with Gasteiger partial charge >= 0.3 is 0 Å². The lowest BCUT2D eigenvalue weighted by atomic mass is 9.67. The first-order valence-corrected chi connectivity index (χ1v) is 25.2. The molecule has 2 heterocycles. The fraction of sp³-hybridized carbons (Fsp3) is 0.0154. The van der Waals surface area contributed by atoms with Crippen molar-refractivity contribution >= 4 is 88.2 Å². The second kappa shape index (κ2) is 16.0. The topological polar surface area (TPSA) is 6.48 Å². The van der Waals surface area contributed by atoms with E-state index in [1.165, 1.54) is 90.9 Å². The lowest BCUT2D eigenvalue weighted by Crippen LogP contribution is -2.32. The lowest BCUT2D eigenvalue weighted by molar-refractivity contribution is 0.722. The van der Waals surface area contributed by atoms with Gasteiger partial charge in [-0.1, -0.05) is 182 Å². The second-order valence-corrected chi connectivity index (χ2v) is 20.1. The van der Waals surface area contributed by atoms with Gasteiger partial charge in [0.1, 0.15) is 0 Å². The van der Waals surface area contributed by atoms with Gasteiger partial charge in [0, 0.05) is 63.8 Å². The minimum Gasteiger partial charge on any atom is -0.310 e. The van der Waals surface area contributed by atoms with Gasteiger partial charge in [0.15, 0.2) is 0 Å². The highest BCUT2D eigenvalue weighted by Gasteiger charge is 2.50. The molecule has 0 bridgehead atoms. The van der Waals surface area contributed by atoms with Crippen molar-refractivity contribution in [1.82, 2.24) is 0 Å². The second-order valence-electron chi connectivity index (χ2n) is 18.0. The minimum absolute atomic E-state index is 0.452. The predicted molar refractivity (Wildman–Crippen MR) is 293 cm³/mol. The van der Waals surface area contributed by atoms with E-state index in [4.69, 9.17) is 0 Å². The molecule has 0 atom stereocenters. The molecule has 1 spiro atoms. The molecule has 69 heavy (non-hydrogen) atoms. The number of hydrogen-bond donors (Lipinski definition) is 0. The van der Waals surface area contributed by atoms with Crippen LogP contribution in [0.3, 0.4) is 0 Å². The largest absolute Gasteiger partial charge is 0.310 e. The van der Waals surface area contributed by atoms with Crippen molar-refractivity contribution in [2.24, 2.45) is 0 Å². The van der Waals surface area contributed by atoms with Gasteiger partial charge in [-0.2, -0.15) is 0 Å². The van der Waals surface area contributed by atoms with Gasteiger partial charge < -0.3 is 9.80 Å². The van der Waals surface area contributed by atoms with Crippen molar-refractivity contribution in [2.75, 3.05) is 9.80 Å². The molecule has 1 aromatic heterocycles. The molecule has 2 aliphatic rings. The summed E-state index contributed by atoms with van der Waals surface area (Å²) in [6.45, 7) is 0. The SMILES string of the molecule is c1ccc(N(c2ccc(-c3ccc4c(c3)sc3cc5ccccc5c(N(c5ccccc5)c5ccccc5)c34)cc2)c2ccc3c(c2)C2(c4ccccc4S3)c3ccccc3-c3ccccc32)cc1. The van der Waals surface area contributed by atoms with Gasteiger partial charge in [-0.15, -0.1) is 11.3 Å². The van der Waals surface area contributed by atoms with E-state index in [-0.39, 0.29) is 0 Å². The van der Waals surface area contributed by atoms with E-state index in [1.807, 2.05) is 23.1 Å². The highest BCUT2D eigenvalue weighted by atomic mass is 32.2. The summed E-state index contributed by atoms with van der Waals surface area (Å²) in [5, 5.41) is 5.01. The summed E-state index contributed by atoms with van der Waals surface area (Å²) in [6.07, 6.45) is 0. The summed E-state index contributed by atoms with van der Waals surface area (Å²) in [5.41, 5.74) is 16.7. The quantitative estimate of drug-likeness (QED) is 0.157. The molecular weight excluding hydrogens is 873 g/mol. The predicted octanol–water partition coefficient (Wildman–Crippen LogP) is 18.6. The number of hydrogen-bond acceptors (Lipinski definition) is 4. The Morgan fingerprint density at radius 3 is 1.52 bits per heavy atom. The summed E-state index contributed by atoms with van der Waals surface area (Å²) in [7, 11) is 0. The third-order valence-corrected chi connectivity index (χ3v) is 16.5. The van der Waals surface area contributed by atoms with Crippen LogP contribution in [-0.2, 0) is 5.41 Å². The Morgan fingerprint density at radius 2 is 0.841 bits per heavy atom. The van der Waals surface area contributed by atoms with Gasteiger partial charge in [0.25, 0.3) is 0 Å². The Hall–Kier alpha value is -8.15. The van der Waals surface area contributed by atoms with Crippen LogP contribution >= 0.6 is 23.1 Å². The van der Waals surface area contributed by atoms with Gasteiger partial charge in [-0.3, -0.25) is 0 Å². The van der Waals surface area contributed by atoms with Gasteiger partial charge in [-0.05, 0) is 135 Å². The third kappa shape index (κ3) is 6.19.